The van der Waals surface area contributed by atoms with Crippen molar-refractivity contribution in [3.05, 3.63) is 41.7 Å². The summed E-state index contributed by atoms with van der Waals surface area (Å²) < 4.78 is 5.78. The van der Waals surface area contributed by atoms with Crippen LogP contribution in [0.25, 0.3) is 0 Å². The monoisotopic (exact) mass is 286 g/mol. The molecular formula is C15H18N4O2. The highest BCUT2D eigenvalue weighted by atomic mass is 16.5. The summed E-state index contributed by atoms with van der Waals surface area (Å²) in [5, 5.41) is 3.18. The van der Waals surface area contributed by atoms with E-state index in [9.17, 15) is 4.79 Å². The number of nitrogens with two attached hydrogens (primary N) is 1. The maximum Gasteiger partial charge on any atom is 0.248 e. The molecule has 0 aliphatic rings. The van der Waals surface area contributed by atoms with Crippen molar-refractivity contribution in [2.75, 3.05) is 11.9 Å². The van der Waals surface area contributed by atoms with Gasteiger partial charge in [-0.3, -0.25) is 4.79 Å². The van der Waals surface area contributed by atoms with E-state index in [0.717, 1.165) is 24.3 Å². The molecular weight excluding hydrogens is 268 g/mol. The SMILES string of the molecule is CCNc1ncnc(Oc2ccc(C(N)=O)cc2)c1CC. The lowest BCUT2D eigenvalue weighted by molar-refractivity contribution is 0.100. The molecule has 0 spiro atoms. The summed E-state index contributed by atoms with van der Waals surface area (Å²) in [5.74, 6) is 1.41. The first kappa shape index (κ1) is 14.8. The Kier molecular flexibility index (Phi) is 4.71. The average molecular weight is 286 g/mol. The Labute approximate surface area is 123 Å². The van der Waals surface area contributed by atoms with Crippen LogP contribution in [0.5, 0.6) is 11.6 Å². The third-order valence-corrected chi connectivity index (χ3v) is 2.96. The van der Waals surface area contributed by atoms with Gasteiger partial charge in [0.05, 0.1) is 5.56 Å². The first-order valence-electron chi connectivity index (χ1n) is 6.81. The summed E-state index contributed by atoms with van der Waals surface area (Å²) in [4.78, 5) is 19.4. The smallest absolute Gasteiger partial charge is 0.248 e. The predicted octanol–water partition coefficient (Wildman–Crippen LogP) is 2.36. The second kappa shape index (κ2) is 6.69. The molecule has 6 nitrogen and oxygen atoms in total. The number of carbonyl (C=O) groups is 1. The highest BCUT2D eigenvalue weighted by molar-refractivity contribution is 5.92. The van der Waals surface area contributed by atoms with Crippen LogP contribution >= 0.6 is 0 Å². The van der Waals surface area contributed by atoms with Crippen LogP contribution in [0.2, 0.25) is 0 Å². The van der Waals surface area contributed by atoms with Gasteiger partial charge in [0, 0.05) is 12.1 Å². The Morgan fingerprint density at radius 1 is 1.24 bits per heavy atom. The van der Waals surface area contributed by atoms with Gasteiger partial charge in [0.2, 0.25) is 11.8 Å². The number of amides is 1. The lowest BCUT2D eigenvalue weighted by atomic mass is 10.2. The summed E-state index contributed by atoms with van der Waals surface area (Å²) >= 11 is 0. The van der Waals surface area contributed by atoms with E-state index < -0.39 is 5.91 Å². The van der Waals surface area contributed by atoms with Crippen LogP contribution in [0.3, 0.4) is 0 Å². The second-order valence-corrected chi connectivity index (χ2v) is 4.38. The molecule has 0 radical (unpaired) electrons. The zero-order valence-corrected chi connectivity index (χ0v) is 12.1. The molecule has 6 heteroatoms. The molecule has 1 aromatic carbocycles. The fraction of sp³-hybridized carbons (Fsp3) is 0.267. The van der Waals surface area contributed by atoms with Crippen LogP contribution in [-0.2, 0) is 6.42 Å². The number of nitrogens with one attached hydrogen (secondary N) is 1. The second-order valence-electron chi connectivity index (χ2n) is 4.38. The molecule has 2 rings (SSSR count). The van der Waals surface area contributed by atoms with Crippen molar-refractivity contribution in [1.29, 1.82) is 0 Å². The number of primary amides is 1. The number of aromatic nitrogens is 2. The summed E-state index contributed by atoms with van der Waals surface area (Å²) in [6.45, 7) is 4.80. The van der Waals surface area contributed by atoms with Crippen LogP contribution in [0.4, 0.5) is 5.82 Å². The first-order valence-corrected chi connectivity index (χ1v) is 6.81. The lowest BCUT2D eigenvalue weighted by Crippen LogP contribution is -2.10. The number of hydrogen-bond acceptors (Lipinski definition) is 5. The van der Waals surface area contributed by atoms with Crippen LogP contribution in [0.15, 0.2) is 30.6 Å². The van der Waals surface area contributed by atoms with Gasteiger partial charge in [-0.1, -0.05) is 6.92 Å². The number of ether oxygens (including phenoxy) is 1. The number of carbonyl (C=O) groups excluding carboxylic acids is 1. The third kappa shape index (κ3) is 3.47. The van der Waals surface area contributed by atoms with Crippen molar-refractivity contribution in [2.45, 2.75) is 20.3 Å². The Morgan fingerprint density at radius 2 is 1.95 bits per heavy atom. The van der Waals surface area contributed by atoms with Gasteiger partial charge in [-0.2, -0.15) is 0 Å². The Bertz CT molecular complexity index is 626. The molecule has 0 aliphatic heterocycles. The maximum absolute atomic E-state index is 11.0. The van der Waals surface area contributed by atoms with E-state index in [0.29, 0.717) is 17.2 Å². The van der Waals surface area contributed by atoms with Crippen LogP contribution in [-0.4, -0.2) is 22.4 Å². The van der Waals surface area contributed by atoms with Crippen molar-refractivity contribution >= 4 is 11.7 Å². The van der Waals surface area contributed by atoms with Crippen molar-refractivity contribution in [3.63, 3.8) is 0 Å². The molecule has 0 atom stereocenters. The van der Waals surface area contributed by atoms with E-state index >= 15 is 0 Å². The van der Waals surface area contributed by atoms with Crippen molar-refractivity contribution in [2.24, 2.45) is 5.73 Å². The molecule has 21 heavy (non-hydrogen) atoms. The van der Waals surface area contributed by atoms with Gasteiger partial charge in [-0.25, -0.2) is 9.97 Å². The number of anilines is 1. The number of benzene rings is 1. The molecule has 1 aromatic heterocycles. The minimum absolute atomic E-state index is 0.439. The van der Waals surface area contributed by atoms with Crippen LogP contribution in [0, 0.1) is 0 Å². The highest BCUT2D eigenvalue weighted by Gasteiger charge is 2.11. The summed E-state index contributed by atoms with van der Waals surface area (Å²) in [6.07, 6.45) is 2.21. The third-order valence-electron chi connectivity index (χ3n) is 2.96. The Morgan fingerprint density at radius 3 is 2.52 bits per heavy atom. The van der Waals surface area contributed by atoms with Gasteiger partial charge in [0.1, 0.15) is 17.9 Å². The van der Waals surface area contributed by atoms with E-state index in [2.05, 4.69) is 15.3 Å². The Hall–Kier alpha value is -2.63. The predicted molar refractivity (Wildman–Crippen MR) is 80.6 cm³/mol. The molecule has 110 valence electrons. The van der Waals surface area contributed by atoms with Crippen LogP contribution in [0.1, 0.15) is 29.8 Å². The molecule has 0 saturated heterocycles. The van der Waals surface area contributed by atoms with Crippen molar-refractivity contribution in [3.8, 4) is 11.6 Å². The number of nitrogens with zero attached hydrogens (tertiary/aromatic N) is 2. The minimum atomic E-state index is -0.465. The summed E-state index contributed by atoms with van der Waals surface area (Å²) in [6, 6.07) is 6.62. The van der Waals surface area contributed by atoms with Crippen molar-refractivity contribution in [1.82, 2.24) is 9.97 Å². The maximum atomic E-state index is 11.0. The topological polar surface area (TPSA) is 90.1 Å². The molecule has 0 aliphatic carbocycles. The van der Waals surface area contributed by atoms with Crippen LogP contribution < -0.4 is 15.8 Å². The highest BCUT2D eigenvalue weighted by Crippen LogP contribution is 2.27. The van der Waals surface area contributed by atoms with Crippen molar-refractivity contribution < 1.29 is 9.53 Å². The molecule has 0 bridgehead atoms. The molecule has 2 aromatic rings. The van der Waals surface area contributed by atoms with E-state index in [4.69, 9.17) is 10.5 Å². The van der Waals surface area contributed by atoms with E-state index in [1.54, 1.807) is 24.3 Å². The van der Waals surface area contributed by atoms with Gasteiger partial charge in [0.25, 0.3) is 0 Å². The molecule has 1 amide bonds. The fourth-order valence-electron chi connectivity index (χ4n) is 1.92. The van der Waals surface area contributed by atoms with E-state index in [-0.39, 0.29) is 0 Å². The summed E-state index contributed by atoms with van der Waals surface area (Å²) in [5.41, 5.74) is 6.56. The lowest BCUT2D eigenvalue weighted by Gasteiger charge is -2.12. The van der Waals surface area contributed by atoms with Gasteiger partial charge >= 0.3 is 0 Å². The fourth-order valence-corrected chi connectivity index (χ4v) is 1.92. The van der Waals surface area contributed by atoms with E-state index in [1.165, 1.54) is 6.33 Å². The summed E-state index contributed by atoms with van der Waals surface area (Å²) in [7, 11) is 0. The zero-order chi connectivity index (χ0) is 15.2. The quantitative estimate of drug-likeness (QED) is 0.850. The standard InChI is InChI=1S/C15H18N4O2/c1-3-12-14(17-4-2)18-9-19-15(12)21-11-7-5-10(6-8-11)13(16)20/h5-9H,3-4H2,1-2H3,(H2,16,20)(H,17,18,19). The molecule has 0 saturated carbocycles. The molecule has 1 heterocycles. The molecule has 0 unspecified atom stereocenters. The van der Waals surface area contributed by atoms with Gasteiger partial charge < -0.3 is 15.8 Å². The van der Waals surface area contributed by atoms with Gasteiger partial charge in [-0.15, -0.1) is 0 Å². The van der Waals surface area contributed by atoms with Gasteiger partial charge in [0.15, 0.2) is 0 Å². The molecule has 0 fully saturated rings. The first-order chi connectivity index (χ1) is 10.2. The zero-order valence-electron chi connectivity index (χ0n) is 12.1. The normalized spacial score (nSPS) is 10.2. The minimum Gasteiger partial charge on any atom is -0.439 e. The number of rotatable bonds is 6. The average Bonchev–Trinajstić information content (AvgIpc) is 2.48. The molecule has 3 N–H and O–H groups in total. The van der Waals surface area contributed by atoms with E-state index in [1.807, 2.05) is 13.8 Å². The van der Waals surface area contributed by atoms with Gasteiger partial charge in [-0.05, 0) is 37.6 Å². The number of hydrogen-bond donors (Lipinski definition) is 2. The Balaban J connectivity index is 2.26. The largest absolute Gasteiger partial charge is 0.439 e.